The maximum atomic E-state index is 11.4. The van der Waals surface area contributed by atoms with Gasteiger partial charge in [0.1, 0.15) is 0 Å². The lowest BCUT2D eigenvalue weighted by Crippen LogP contribution is -2.39. The zero-order chi connectivity index (χ0) is 14.7. The van der Waals surface area contributed by atoms with Gasteiger partial charge in [0.15, 0.2) is 5.82 Å². The van der Waals surface area contributed by atoms with Crippen LogP contribution in [0.1, 0.15) is 12.8 Å². The zero-order valence-corrected chi connectivity index (χ0v) is 12.1. The highest BCUT2D eigenvalue weighted by atomic mass is 16.1. The molecule has 0 aromatic carbocycles. The highest BCUT2D eigenvalue weighted by molar-refractivity contribution is 5.55. The van der Waals surface area contributed by atoms with Gasteiger partial charge in [0, 0.05) is 30.9 Å². The Bertz CT molecular complexity index is 647. The first-order chi connectivity index (χ1) is 10.3. The second-order valence-corrected chi connectivity index (χ2v) is 5.44. The van der Waals surface area contributed by atoms with E-state index < -0.39 is 0 Å². The molecule has 3 rings (SSSR count). The summed E-state index contributed by atoms with van der Waals surface area (Å²) in [5.74, 6) is 1.98. The average molecular weight is 288 g/mol. The van der Waals surface area contributed by atoms with Crippen LogP contribution in [-0.2, 0) is 0 Å². The second kappa shape index (κ2) is 6.09. The fourth-order valence-electron chi connectivity index (χ4n) is 2.82. The molecule has 0 saturated carbocycles. The Morgan fingerprint density at radius 2 is 2.43 bits per heavy atom. The van der Waals surface area contributed by atoms with E-state index in [0.717, 1.165) is 31.6 Å². The van der Waals surface area contributed by atoms with E-state index in [0.29, 0.717) is 17.7 Å². The van der Waals surface area contributed by atoms with Crippen molar-refractivity contribution in [2.24, 2.45) is 5.92 Å². The van der Waals surface area contributed by atoms with Gasteiger partial charge in [-0.05, 0) is 38.4 Å². The second-order valence-electron chi connectivity index (χ2n) is 5.44. The monoisotopic (exact) mass is 288 g/mol. The van der Waals surface area contributed by atoms with Crippen LogP contribution in [0.5, 0.6) is 0 Å². The van der Waals surface area contributed by atoms with E-state index in [1.165, 1.54) is 12.5 Å². The maximum Gasteiger partial charge on any atom is 0.248 e. The summed E-state index contributed by atoms with van der Waals surface area (Å²) in [6.45, 7) is 2.96. The van der Waals surface area contributed by atoms with Crippen molar-refractivity contribution in [1.29, 1.82) is 0 Å². The van der Waals surface area contributed by atoms with Crippen molar-refractivity contribution in [1.82, 2.24) is 25.5 Å². The number of piperidine rings is 1. The van der Waals surface area contributed by atoms with Crippen molar-refractivity contribution >= 4 is 5.95 Å². The molecule has 112 valence electrons. The van der Waals surface area contributed by atoms with Crippen LogP contribution in [0.15, 0.2) is 23.1 Å². The summed E-state index contributed by atoms with van der Waals surface area (Å²) in [6.07, 6.45) is 4.01. The number of nitrogens with one attached hydrogen (secondary N) is 3. The van der Waals surface area contributed by atoms with Crippen LogP contribution < -0.4 is 15.8 Å². The molecule has 0 spiro atoms. The highest BCUT2D eigenvalue weighted by Gasteiger charge is 2.22. The Morgan fingerprint density at radius 1 is 1.52 bits per heavy atom. The first-order valence-corrected chi connectivity index (χ1v) is 7.27. The SMILES string of the molecule is CNCC1CCCN(c2n[nH]c(-c3cc[nH]c(=O)c3)n2)C1. The van der Waals surface area contributed by atoms with Gasteiger partial charge in [0.05, 0.1) is 0 Å². The Hall–Kier alpha value is -2.15. The van der Waals surface area contributed by atoms with Crippen molar-refractivity contribution in [2.75, 3.05) is 31.6 Å². The molecule has 2 aromatic heterocycles. The normalized spacial score (nSPS) is 18.9. The lowest BCUT2D eigenvalue weighted by Gasteiger charge is -2.31. The van der Waals surface area contributed by atoms with Crippen LogP contribution in [0, 0.1) is 5.92 Å². The van der Waals surface area contributed by atoms with E-state index in [2.05, 4.69) is 30.4 Å². The number of aromatic amines is 2. The smallest absolute Gasteiger partial charge is 0.248 e. The molecule has 7 nitrogen and oxygen atoms in total. The first-order valence-electron chi connectivity index (χ1n) is 7.27. The summed E-state index contributed by atoms with van der Waals surface area (Å²) >= 11 is 0. The molecule has 1 fully saturated rings. The maximum absolute atomic E-state index is 11.4. The lowest BCUT2D eigenvalue weighted by molar-refractivity contribution is 0.399. The molecule has 3 heterocycles. The third kappa shape index (κ3) is 3.13. The number of hydrogen-bond acceptors (Lipinski definition) is 5. The molecule has 7 heteroatoms. The largest absolute Gasteiger partial charge is 0.339 e. The number of aromatic nitrogens is 4. The minimum absolute atomic E-state index is 0.141. The third-order valence-corrected chi connectivity index (χ3v) is 3.82. The summed E-state index contributed by atoms with van der Waals surface area (Å²) < 4.78 is 0. The van der Waals surface area contributed by atoms with Gasteiger partial charge in [-0.1, -0.05) is 0 Å². The predicted molar refractivity (Wildman–Crippen MR) is 81.3 cm³/mol. The highest BCUT2D eigenvalue weighted by Crippen LogP contribution is 2.21. The molecule has 0 aliphatic carbocycles. The standard InChI is InChI=1S/C14H20N6O/c1-15-8-10-3-2-6-20(9-10)14-17-13(18-19-14)11-4-5-16-12(21)7-11/h4-5,7,10,15H,2-3,6,8-9H2,1H3,(H,16,21)(H,17,18,19). The number of pyridine rings is 1. The van der Waals surface area contributed by atoms with Crippen molar-refractivity contribution in [2.45, 2.75) is 12.8 Å². The van der Waals surface area contributed by atoms with Crippen LogP contribution in [0.4, 0.5) is 5.95 Å². The van der Waals surface area contributed by atoms with E-state index in [4.69, 9.17) is 0 Å². The number of hydrogen-bond donors (Lipinski definition) is 3. The average Bonchev–Trinajstić information content (AvgIpc) is 2.98. The Labute approximate surface area is 122 Å². The molecule has 1 saturated heterocycles. The molecular weight excluding hydrogens is 268 g/mol. The van der Waals surface area contributed by atoms with Gasteiger partial charge in [0.2, 0.25) is 11.5 Å². The van der Waals surface area contributed by atoms with E-state index in [-0.39, 0.29) is 5.56 Å². The molecule has 21 heavy (non-hydrogen) atoms. The summed E-state index contributed by atoms with van der Waals surface area (Å²) in [4.78, 5) is 20.7. The van der Waals surface area contributed by atoms with Crippen LogP contribution in [0.25, 0.3) is 11.4 Å². The van der Waals surface area contributed by atoms with Gasteiger partial charge in [-0.25, -0.2) is 0 Å². The molecule has 0 radical (unpaired) electrons. The topological polar surface area (TPSA) is 89.7 Å². The zero-order valence-electron chi connectivity index (χ0n) is 12.1. The molecule has 3 N–H and O–H groups in total. The van der Waals surface area contributed by atoms with Gasteiger partial charge in [0.25, 0.3) is 0 Å². The summed E-state index contributed by atoms with van der Waals surface area (Å²) in [7, 11) is 1.98. The number of nitrogens with zero attached hydrogens (tertiary/aromatic N) is 3. The van der Waals surface area contributed by atoms with E-state index in [1.54, 1.807) is 6.20 Å². The summed E-state index contributed by atoms with van der Waals surface area (Å²) in [5, 5.41) is 10.5. The van der Waals surface area contributed by atoms with Gasteiger partial charge in [-0.2, -0.15) is 4.98 Å². The number of rotatable bonds is 4. The van der Waals surface area contributed by atoms with E-state index in [9.17, 15) is 4.79 Å². The number of H-pyrrole nitrogens is 2. The molecule has 1 unspecified atom stereocenters. The Balaban J connectivity index is 1.77. The summed E-state index contributed by atoms with van der Waals surface area (Å²) in [6, 6.07) is 3.33. The fraction of sp³-hybridized carbons (Fsp3) is 0.500. The molecular formula is C14H20N6O. The van der Waals surface area contributed by atoms with Crippen LogP contribution in [0.2, 0.25) is 0 Å². The fourth-order valence-corrected chi connectivity index (χ4v) is 2.82. The minimum atomic E-state index is -0.141. The van der Waals surface area contributed by atoms with Gasteiger partial charge in [-0.3, -0.25) is 9.89 Å². The minimum Gasteiger partial charge on any atom is -0.339 e. The molecule has 2 aromatic rings. The van der Waals surface area contributed by atoms with Gasteiger partial charge >= 0.3 is 0 Å². The quantitative estimate of drug-likeness (QED) is 0.766. The first kappa shape index (κ1) is 13.8. The van der Waals surface area contributed by atoms with Gasteiger partial charge in [-0.15, -0.1) is 5.10 Å². The molecule has 0 amide bonds. The molecule has 1 aliphatic rings. The van der Waals surface area contributed by atoms with Crippen LogP contribution in [0.3, 0.4) is 0 Å². The lowest BCUT2D eigenvalue weighted by atomic mass is 9.98. The van der Waals surface area contributed by atoms with Crippen molar-refractivity contribution in [3.8, 4) is 11.4 Å². The van der Waals surface area contributed by atoms with Gasteiger partial charge < -0.3 is 15.2 Å². The molecule has 0 bridgehead atoms. The van der Waals surface area contributed by atoms with Crippen molar-refractivity contribution in [3.63, 3.8) is 0 Å². The Kier molecular flexibility index (Phi) is 4.01. The van der Waals surface area contributed by atoms with Crippen molar-refractivity contribution in [3.05, 3.63) is 28.7 Å². The number of anilines is 1. The third-order valence-electron chi connectivity index (χ3n) is 3.82. The molecule has 1 atom stereocenters. The van der Waals surface area contributed by atoms with E-state index >= 15 is 0 Å². The van der Waals surface area contributed by atoms with Crippen LogP contribution in [-0.4, -0.2) is 46.8 Å². The summed E-state index contributed by atoms with van der Waals surface area (Å²) in [5.41, 5.74) is 0.610. The van der Waals surface area contributed by atoms with Crippen molar-refractivity contribution < 1.29 is 0 Å². The Morgan fingerprint density at radius 3 is 3.24 bits per heavy atom. The predicted octanol–water partition coefficient (Wildman–Crippen LogP) is 0.596. The van der Waals surface area contributed by atoms with E-state index in [1.807, 2.05) is 13.1 Å². The van der Waals surface area contributed by atoms with Crippen LogP contribution >= 0.6 is 0 Å². The molecule has 1 aliphatic heterocycles.